The minimum atomic E-state index is -0.0889. The van der Waals surface area contributed by atoms with E-state index in [0.717, 1.165) is 29.9 Å². The van der Waals surface area contributed by atoms with Crippen LogP contribution >= 0.6 is 0 Å². The molecular formula is C22H29NO2. The summed E-state index contributed by atoms with van der Waals surface area (Å²) in [4.78, 5) is 2.85. The van der Waals surface area contributed by atoms with Gasteiger partial charge in [-0.25, -0.2) is 0 Å². The van der Waals surface area contributed by atoms with Crippen LogP contribution in [0.1, 0.15) is 43.2 Å². The van der Waals surface area contributed by atoms with Gasteiger partial charge in [0.1, 0.15) is 5.75 Å². The van der Waals surface area contributed by atoms with Gasteiger partial charge in [-0.1, -0.05) is 6.07 Å². The molecule has 6 rings (SSSR count). The van der Waals surface area contributed by atoms with Gasteiger partial charge < -0.3 is 9.84 Å². The van der Waals surface area contributed by atoms with Crippen molar-refractivity contribution in [2.75, 3.05) is 20.2 Å². The van der Waals surface area contributed by atoms with Crippen LogP contribution in [0.2, 0.25) is 0 Å². The molecule has 1 aliphatic heterocycles. The Balaban J connectivity index is 1.47. The third-order valence-corrected chi connectivity index (χ3v) is 8.26. The Hall–Kier alpha value is -1.06. The van der Waals surface area contributed by atoms with Gasteiger partial charge in [0.2, 0.25) is 0 Å². The molecule has 0 aromatic heterocycles. The lowest BCUT2D eigenvalue weighted by Gasteiger charge is -2.60. The summed E-state index contributed by atoms with van der Waals surface area (Å²) in [6.45, 7) is 2.54. The number of fused-ring (bicyclic) bond motifs is 2. The summed E-state index contributed by atoms with van der Waals surface area (Å²) in [6.07, 6.45) is 7.47. The lowest BCUT2D eigenvalue weighted by atomic mass is 9.51. The van der Waals surface area contributed by atoms with E-state index in [9.17, 15) is 5.11 Å². The Labute approximate surface area is 150 Å². The fourth-order valence-electron chi connectivity index (χ4n) is 6.91. The van der Waals surface area contributed by atoms with Crippen molar-refractivity contribution in [3.8, 4) is 5.75 Å². The predicted molar refractivity (Wildman–Crippen MR) is 96.8 cm³/mol. The SMILES string of the molecule is COc1ccc2c(c1)C13CCN(CC4CC4)C(C2)C1C1CC1C(O)C3. The van der Waals surface area contributed by atoms with Gasteiger partial charge in [-0.2, -0.15) is 0 Å². The fourth-order valence-corrected chi connectivity index (χ4v) is 6.91. The number of methoxy groups -OCH3 is 1. The minimum Gasteiger partial charge on any atom is -0.497 e. The smallest absolute Gasteiger partial charge is 0.119 e. The second kappa shape index (κ2) is 5.01. The topological polar surface area (TPSA) is 32.7 Å². The Bertz CT molecular complexity index is 714. The zero-order valence-corrected chi connectivity index (χ0v) is 15.2. The van der Waals surface area contributed by atoms with Crippen LogP contribution in [-0.2, 0) is 11.8 Å². The molecule has 4 aliphatic carbocycles. The third kappa shape index (κ3) is 2.06. The van der Waals surface area contributed by atoms with E-state index in [1.165, 1.54) is 56.3 Å². The molecule has 134 valence electrons. The van der Waals surface area contributed by atoms with E-state index in [0.29, 0.717) is 12.0 Å². The first-order chi connectivity index (χ1) is 12.2. The number of rotatable bonds is 3. The summed E-state index contributed by atoms with van der Waals surface area (Å²) in [5, 5.41) is 10.8. The van der Waals surface area contributed by atoms with Crippen molar-refractivity contribution in [1.29, 1.82) is 0 Å². The first-order valence-electron chi connectivity index (χ1n) is 10.3. The molecule has 4 fully saturated rings. The highest BCUT2D eigenvalue weighted by Gasteiger charge is 2.66. The highest BCUT2D eigenvalue weighted by Crippen LogP contribution is 2.66. The average Bonchev–Trinajstić information content (AvgIpc) is 3.51. The number of hydrogen-bond acceptors (Lipinski definition) is 3. The van der Waals surface area contributed by atoms with Crippen LogP contribution in [0.3, 0.4) is 0 Å². The Kier molecular flexibility index (Phi) is 3.02. The van der Waals surface area contributed by atoms with Crippen molar-refractivity contribution in [3.63, 3.8) is 0 Å². The molecule has 3 nitrogen and oxygen atoms in total. The predicted octanol–water partition coefficient (Wildman–Crippen LogP) is 2.99. The molecule has 6 unspecified atom stereocenters. The zero-order valence-electron chi connectivity index (χ0n) is 15.2. The molecule has 0 amide bonds. The number of aliphatic hydroxyl groups excluding tert-OH is 1. The van der Waals surface area contributed by atoms with Crippen molar-refractivity contribution in [2.24, 2.45) is 23.7 Å². The molecule has 5 aliphatic rings. The lowest BCUT2D eigenvalue weighted by molar-refractivity contribution is -0.0560. The van der Waals surface area contributed by atoms with Crippen molar-refractivity contribution in [2.45, 2.75) is 56.1 Å². The van der Waals surface area contributed by atoms with E-state index >= 15 is 0 Å². The van der Waals surface area contributed by atoms with Gasteiger partial charge >= 0.3 is 0 Å². The third-order valence-electron chi connectivity index (χ3n) is 8.26. The standard InChI is InChI=1S/C22H29NO2/c1-25-15-5-4-14-8-19-21-17-10-16(17)20(24)11-22(21,18(14)9-15)6-7-23(19)12-13-2-3-13/h4-5,9,13,16-17,19-21,24H,2-3,6-8,10-12H2,1H3. The maximum Gasteiger partial charge on any atom is 0.119 e. The number of benzene rings is 1. The second-order valence-corrected chi connectivity index (χ2v) is 9.50. The van der Waals surface area contributed by atoms with E-state index in [1.807, 2.05) is 0 Å². The quantitative estimate of drug-likeness (QED) is 0.919. The summed E-state index contributed by atoms with van der Waals surface area (Å²) in [6, 6.07) is 7.46. The van der Waals surface area contributed by atoms with E-state index < -0.39 is 0 Å². The molecule has 3 saturated carbocycles. The number of aliphatic hydroxyl groups is 1. The molecule has 1 N–H and O–H groups in total. The minimum absolute atomic E-state index is 0.0889. The molecular weight excluding hydrogens is 310 g/mol. The van der Waals surface area contributed by atoms with Crippen molar-refractivity contribution in [3.05, 3.63) is 29.3 Å². The molecule has 25 heavy (non-hydrogen) atoms. The van der Waals surface area contributed by atoms with Gasteiger partial charge in [0.05, 0.1) is 13.2 Å². The Morgan fingerprint density at radius 1 is 1.28 bits per heavy atom. The number of likely N-dealkylation sites (tertiary alicyclic amines) is 1. The number of piperidine rings is 1. The molecule has 0 radical (unpaired) electrons. The van der Waals surface area contributed by atoms with E-state index in [1.54, 1.807) is 7.11 Å². The highest BCUT2D eigenvalue weighted by atomic mass is 16.5. The van der Waals surface area contributed by atoms with E-state index in [-0.39, 0.29) is 11.5 Å². The zero-order chi connectivity index (χ0) is 16.8. The number of ether oxygens (including phenoxy) is 1. The molecule has 0 spiro atoms. The van der Waals surface area contributed by atoms with Crippen LogP contribution in [-0.4, -0.2) is 42.4 Å². The van der Waals surface area contributed by atoms with Crippen molar-refractivity contribution in [1.82, 2.24) is 4.90 Å². The molecule has 3 heteroatoms. The van der Waals surface area contributed by atoms with Gasteiger partial charge in [0.25, 0.3) is 0 Å². The lowest BCUT2D eigenvalue weighted by Crippen LogP contribution is -2.63. The molecule has 1 heterocycles. The maximum absolute atomic E-state index is 10.8. The van der Waals surface area contributed by atoms with Crippen LogP contribution < -0.4 is 4.74 Å². The monoisotopic (exact) mass is 339 g/mol. The number of hydrogen-bond donors (Lipinski definition) is 1. The molecule has 2 bridgehead atoms. The Morgan fingerprint density at radius 3 is 2.96 bits per heavy atom. The summed E-state index contributed by atoms with van der Waals surface area (Å²) >= 11 is 0. The molecule has 1 aromatic rings. The fraction of sp³-hybridized carbons (Fsp3) is 0.727. The van der Waals surface area contributed by atoms with Crippen molar-refractivity contribution < 1.29 is 9.84 Å². The molecule has 1 aromatic carbocycles. The van der Waals surface area contributed by atoms with Gasteiger partial charge in [0.15, 0.2) is 0 Å². The average molecular weight is 339 g/mol. The van der Waals surface area contributed by atoms with Crippen LogP contribution in [0.15, 0.2) is 18.2 Å². The number of nitrogens with zero attached hydrogens (tertiary/aromatic N) is 1. The van der Waals surface area contributed by atoms with E-state index in [4.69, 9.17) is 4.74 Å². The van der Waals surface area contributed by atoms with Gasteiger partial charge in [-0.3, -0.25) is 4.90 Å². The largest absolute Gasteiger partial charge is 0.497 e. The van der Waals surface area contributed by atoms with Gasteiger partial charge in [0, 0.05) is 18.0 Å². The van der Waals surface area contributed by atoms with Crippen molar-refractivity contribution >= 4 is 0 Å². The first kappa shape index (κ1) is 15.0. The van der Waals surface area contributed by atoms with E-state index in [2.05, 4.69) is 23.1 Å². The maximum atomic E-state index is 10.8. The summed E-state index contributed by atoms with van der Waals surface area (Å²) in [7, 11) is 1.77. The van der Waals surface area contributed by atoms with Crippen LogP contribution in [0.4, 0.5) is 0 Å². The Morgan fingerprint density at radius 2 is 2.16 bits per heavy atom. The first-order valence-corrected chi connectivity index (χ1v) is 10.3. The summed E-state index contributed by atoms with van der Waals surface area (Å²) < 4.78 is 5.57. The second-order valence-electron chi connectivity index (χ2n) is 9.50. The van der Waals surface area contributed by atoms with Crippen LogP contribution in [0.5, 0.6) is 5.75 Å². The normalized spacial score (nSPS) is 44.5. The van der Waals surface area contributed by atoms with Crippen LogP contribution in [0, 0.1) is 23.7 Å². The highest BCUT2D eigenvalue weighted by molar-refractivity contribution is 5.47. The summed E-state index contributed by atoms with van der Waals surface area (Å²) in [5.41, 5.74) is 3.24. The van der Waals surface area contributed by atoms with Gasteiger partial charge in [-0.05, 0) is 92.0 Å². The summed E-state index contributed by atoms with van der Waals surface area (Å²) in [5.74, 6) is 4.06. The van der Waals surface area contributed by atoms with Gasteiger partial charge in [-0.15, -0.1) is 0 Å². The molecule has 1 saturated heterocycles. The van der Waals surface area contributed by atoms with Crippen LogP contribution in [0.25, 0.3) is 0 Å². The molecule has 6 atom stereocenters.